The number of benzene rings is 2. The van der Waals surface area contributed by atoms with Crippen LogP contribution in [0.2, 0.25) is 10.0 Å². The lowest BCUT2D eigenvalue weighted by Gasteiger charge is -2.26. The summed E-state index contributed by atoms with van der Waals surface area (Å²) >= 11 is 12.6. The number of carbonyl (C=O) groups excluding carboxylic acids is 4. The first-order valence-corrected chi connectivity index (χ1v) is 11.8. The number of rotatable bonds is 5. The molecule has 0 aromatic heterocycles. The molecular formula is C24H23Cl2N4O4+. The van der Waals surface area contributed by atoms with Gasteiger partial charge in [0.2, 0.25) is 23.3 Å². The third kappa shape index (κ3) is 3.24. The maximum atomic E-state index is 13.8. The van der Waals surface area contributed by atoms with E-state index in [0.717, 1.165) is 5.56 Å². The molecule has 2 saturated heterocycles. The number of imide groups is 1. The molecule has 2 aromatic rings. The van der Waals surface area contributed by atoms with Gasteiger partial charge in [0.05, 0.1) is 12.2 Å². The van der Waals surface area contributed by atoms with Crippen LogP contribution in [-0.4, -0.2) is 34.6 Å². The predicted molar refractivity (Wildman–Crippen MR) is 125 cm³/mol. The second-order valence-corrected chi connectivity index (χ2v) is 10.0. The fraction of sp³-hybridized carbons (Fsp3) is 0.333. The van der Waals surface area contributed by atoms with Crippen molar-refractivity contribution in [3.63, 3.8) is 0 Å². The molecule has 0 saturated carbocycles. The Morgan fingerprint density at radius 2 is 1.91 bits per heavy atom. The van der Waals surface area contributed by atoms with E-state index in [-0.39, 0.29) is 31.2 Å². The summed E-state index contributed by atoms with van der Waals surface area (Å²) in [5.74, 6) is -3.42. The summed E-state index contributed by atoms with van der Waals surface area (Å²) in [6, 6.07) is 9.93. The molecule has 3 aliphatic rings. The van der Waals surface area contributed by atoms with Crippen molar-refractivity contribution in [3.8, 4) is 0 Å². The highest BCUT2D eigenvalue weighted by Gasteiger charge is 2.74. The van der Waals surface area contributed by atoms with Gasteiger partial charge >= 0.3 is 0 Å². The van der Waals surface area contributed by atoms with Crippen LogP contribution in [-0.2, 0) is 31.3 Å². The summed E-state index contributed by atoms with van der Waals surface area (Å²) in [6.07, 6.45) is 0.300. The summed E-state index contributed by atoms with van der Waals surface area (Å²) in [5.41, 5.74) is 6.60. The van der Waals surface area contributed by atoms with Crippen LogP contribution in [0.1, 0.15) is 29.5 Å². The fourth-order valence-corrected chi connectivity index (χ4v) is 6.25. The molecule has 5 N–H and O–H groups in total. The Morgan fingerprint density at radius 1 is 1.18 bits per heavy atom. The number of aryl methyl sites for hydroxylation is 1. The smallest absolute Gasteiger partial charge is 0.291 e. The molecule has 176 valence electrons. The highest BCUT2D eigenvalue weighted by molar-refractivity contribution is 6.31. The van der Waals surface area contributed by atoms with Gasteiger partial charge in [-0.2, -0.15) is 0 Å². The zero-order chi connectivity index (χ0) is 24.4. The topological polar surface area (TPSA) is 126 Å². The number of fused-ring (bicyclic) bond motifs is 4. The van der Waals surface area contributed by atoms with Crippen molar-refractivity contribution in [3.05, 3.63) is 63.1 Å². The van der Waals surface area contributed by atoms with E-state index in [9.17, 15) is 19.2 Å². The number of hydrogen-bond acceptors (Lipinski definition) is 4. The zero-order valence-corrected chi connectivity index (χ0v) is 19.8. The van der Waals surface area contributed by atoms with Crippen molar-refractivity contribution in [2.24, 2.45) is 17.6 Å². The summed E-state index contributed by atoms with van der Waals surface area (Å²) in [7, 11) is 0. The predicted octanol–water partition coefficient (Wildman–Crippen LogP) is 1.46. The first-order valence-electron chi connectivity index (χ1n) is 11.0. The Kier molecular flexibility index (Phi) is 5.42. The first kappa shape index (κ1) is 22.8. The molecule has 2 fully saturated rings. The van der Waals surface area contributed by atoms with Crippen LogP contribution in [0, 0.1) is 18.8 Å². The number of halogens is 2. The Morgan fingerprint density at radius 3 is 2.62 bits per heavy atom. The number of nitrogens with zero attached hydrogens (tertiary/aromatic N) is 1. The largest absolute Gasteiger partial charge is 0.370 e. The average molecular weight is 502 g/mol. The summed E-state index contributed by atoms with van der Waals surface area (Å²) in [4.78, 5) is 53.7. The molecule has 0 bridgehead atoms. The third-order valence-electron chi connectivity index (χ3n) is 7.24. The average Bonchev–Trinajstić information content (AvgIpc) is 3.35. The van der Waals surface area contributed by atoms with Crippen molar-refractivity contribution in [1.29, 1.82) is 0 Å². The number of nitrogens with one attached hydrogen (secondary N) is 1. The molecule has 3 heterocycles. The zero-order valence-electron chi connectivity index (χ0n) is 18.3. The van der Waals surface area contributed by atoms with Gasteiger partial charge in [-0.05, 0) is 36.2 Å². The Balaban J connectivity index is 1.62. The van der Waals surface area contributed by atoms with Crippen molar-refractivity contribution in [2.45, 2.75) is 37.9 Å². The molecule has 34 heavy (non-hydrogen) atoms. The van der Waals surface area contributed by atoms with Crippen molar-refractivity contribution >= 4 is 52.5 Å². The van der Waals surface area contributed by atoms with Crippen LogP contribution < -0.4 is 16.4 Å². The van der Waals surface area contributed by atoms with E-state index in [4.69, 9.17) is 28.9 Å². The van der Waals surface area contributed by atoms with Crippen molar-refractivity contribution in [1.82, 2.24) is 4.90 Å². The molecule has 4 atom stereocenters. The lowest BCUT2D eigenvalue weighted by molar-refractivity contribution is -0.734. The molecule has 0 radical (unpaired) electrons. The van der Waals surface area contributed by atoms with Crippen LogP contribution in [0.5, 0.6) is 0 Å². The molecule has 3 aliphatic heterocycles. The Hall–Kier alpha value is -2.94. The number of likely N-dealkylation sites (tertiary alicyclic amines) is 1. The van der Waals surface area contributed by atoms with E-state index in [1.807, 2.05) is 6.92 Å². The maximum absolute atomic E-state index is 13.8. The van der Waals surface area contributed by atoms with E-state index in [1.165, 1.54) is 4.90 Å². The number of hydrogen-bond donors (Lipinski definition) is 3. The van der Waals surface area contributed by atoms with Gasteiger partial charge in [-0.3, -0.25) is 24.1 Å². The van der Waals surface area contributed by atoms with E-state index in [2.05, 4.69) is 5.32 Å². The van der Waals surface area contributed by atoms with Crippen LogP contribution in [0.25, 0.3) is 0 Å². The Bertz CT molecular complexity index is 1270. The number of quaternary nitrogens is 1. The second kappa shape index (κ2) is 8.08. The lowest BCUT2D eigenvalue weighted by Crippen LogP contribution is -2.99. The maximum Gasteiger partial charge on any atom is 0.291 e. The molecule has 10 heteroatoms. The van der Waals surface area contributed by atoms with Gasteiger partial charge in [-0.25, -0.2) is 0 Å². The van der Waals surface area contributed by atoms with E-state index in [1.54, 1.807) is 41.7 Å². The molecule has 0 aliphatic carbocycles. The summed E-state index contributed by atoms with van der Waals surface area (Å²) < 4.78 is 0. The van der Waals surface area contributed by atoms with Crippen molar-refractivity contribution in [2.75, 3.05) is 5.32 Å². The van der Waals surface area contributed by atoms with Crippen LogP contribution >= 0.6 is 23.2 Å². The van der Waals surface area contributed by atoms with Gasteiger partial charge in [-0.15, -0.1) is 0 Å². The van der Waals surface area contributed by atoms with Crippen LogP contribution in [0.3, 0.4) is 0 Å². The summed E-state index contributed by atoms with van der Waals surface area (Å²) in [5, 5.41) is 5.55. The number of carbonyl (C=O) groups is 4. The molecule has 1 spiro atoms. The first-order chi connectivity index (χ1) is 16.1. The minimum atomic E-state index is -1.36. The summed E-state index contributed by atoms with van der Waals surface area (Å²) in [6.45, 7) is 1.83. The van der Waals surface area contributed by atoms with E-state index >= 15 is 0 Å². The van der Waals surface area contributed by atoms with Gasteiger partial charge in [0.25, 0.3) is 5.91 Å². The van der Waals surface area contributed by atoms with Crippen LogP contribution in [0.4, 0.5) is 5.69 Å². The SMILES string of the molecule is Cc1cc(Cl)cc2c1NC(=O)[C@]21[NH2+][C@@H](CCC(N)=O)[C@H]2C(=O)N(Cc3ccccc3Cl)C(=O)[C@H]21. The minimum Gasteiger partial charge on any atom is -0.370 e. The normalized spacial score (nSPS) is 27.3. The molecule has 0 unspecified atom stereocenters. The minimum absolute atomic E-state index is 0.00596. The molecule has 2 aromatic carbocycles. The quantitative estimate of drug-likeness (QED) is 0.536. The van der Waals surface area contributed by atoms with Gasteiger partial charge in [0.15, 0.2) is 0 Å². The van der Waals surface area contributed by atoms with Gasteiger partial charge in [0, 0.05) is 28.5 Å². The van der Waals surface area contributed by atoms with Crippen LogP contribution in [0.15, 0.2) is 36.4 Å². The second-order valence-electron chi connectivity index (χ2n) is 9.16. The van der Waals surface area contributed by atoms with Crippen molar-refractivity contribution < 1.29 is 24.5 Å². The fourth-order valence-electron chi connectivity index (χ4n) is 5.78. The highest BCUT2D eigenvalue weighted by Crippen LogP contribution is 2.51. The van der Waals surface area contributed by atoms with Gasteiger partial charge in [0.1, 0.15) is 17.9 Å². The lowest BCUT2D eigenvalue weighted by atomic mass is 9.76. The molecule has 4 amide bonds. The molecule has 8 nitrogen and oxygen atoms in total. The standard InChI is InChI=1S/C24H22Cl2N4O4/c1-11-8-13(25)9-14-20(11)28-23(34)24(14)19-18(16(29-24)6-7-17(27)31)21(32)30(22(19)33)10-12-4-2-3-5-15(12)26/h2-5,8-9,16,18-19,29H,6-7,10H2,1H3,(H2,27,31)(H,28,34)/p+1/t16-,18+,19-,24-/m0/s1. The monoisotopic (exact) mass is 501 g/mol. The van der Waals surface area contributed by atoms with Gasteiger partial charge in [-0.1, -0.05) is 41.4 Å². The number of primary amides is 1. The molecular weight excluding hydrogens is 479 g/mol. The van der Waals surface area contributed by atoms with E-state index in [0.29, 0.717) is 26.9 Å². The van der Waals surface area contributed by atoms with Gasteiger partial charge < -0.3 is 16.4 Å². The number of nitrogens with two attached hydrogens (primary N) is 2. The Labute approximate surface area is 205 Å². The number of amides is 4. The third-order valence-corrected chi connectivity index (χ3v) is 7.83. The van der Waals surface area contributed by atoms with E-state index < -0.39 is 35.2 Å². The number of anilines is 1. The highest BCUT2D eigenvalue weighted by atomic mass is 35.5. The molecule has 5 rings (SSSR count).